The maximum atomic E-state index is 13.2. The molecule has 14 nitrogen and oxygen atoms in total. The topological polar surface area (TPSA) is 220 Å². The molecule has 4 aromatic rings. The third-order valence-electron chi connectivity index (χ3n) is 4.50. The molecule has 1 aliphatic rings. The number of aliphatic hydroxyl groups is 3. The number of hydrogen-bond donors (Lipinski definition) is 6. The second kappa shape index (κ2) is 7.91. The van der Waals surface area contributed by atoms with Crippen LogP contribution in [0.25, 0.3) is 22.3 Å². The van der Waals surface area contributed by atoms with Crippen molar-refractivity contribution in [3.63, 3.8) is 0 Å². The largest absolute Gasteiger partial charge is 0.394 e. The highest BCUT2D eigenvalue weighted by Gasteiger charge is 2.44. The van der Waals surface area contributed by atoms with E-state index in [2.05, 4.69) is 34.9 Å². The minimum Gasteiger partial charge on any atom is -0.394 e. The fraction of sp³-hybridized carbons (Fsp3) is 0.333. The first-order valence-corrected chi connectivity index (χ1v) is 8.70. The first-order valence-electron chi connectivity index (χ1n) is 8.70. The van der Waals surface area contributed by atoms with Crippen LogP contribution >= 0.6 is 0 Å². The molecule has 164 valence electrons. The molecule has 8 N–H and O–H groups in total. The number of nitrogens with two attached hydrogens (primary N) is 2. The zero-order valence-electron chi connectivity index (χ0n) is 15.5. The molecule has 1 fully saturated rings. The van der Waals surface area contributed by atoms with Crippen molar-refractivity contribution in [2.24, 2.45) is 0 Å². The van der Waals surface area contributed by atoms with Gasteiger partial charge in [0.25, 0.3) is 0 Å². The molecule has 5 heterocycles. The summed E-state index contributed by atoms with van der Waals surface area (Å²) < 4.78 is 32.2. The SMILES string of the molecule is Nc1nc([18F])nc2c1ncn2[C@@H]1O[C@H](CO)C(O)[C@@H]1O.Nc1nc([18F])nc2nc[nH]c12. The molecule has 31 heavy (non-hydrogen) atoms. The zero-order valence-corrected chi connectivity index (χ0v) is 15.5. The van der Waals surface area contributed by atoms with E-state index in [1.807, 2.05) is 0 Å². The van der Waals surface area contributed by atoms with Gasteiger partial charge in [0.15, 0.2) is 34.7 Å². The third kappa shape index (κ3) is 3.67. The molecule has 1 unspecified atom stereocenters. The normalized spacial score (nSPS) is 23.3. The second-order valence-corrected chi connectivity index (χ2v) is 6.41. The van der Waals surface area contributed by atoms with E-state index in [1.165, 1.54) is 17.2 Å². The molecule has 0 amide bonds. The first-order chi connectivity index (χ1) is 14.8. The minimum absolute atomic E-state index is 0.0323. The molecule has 5 rings (SSSR count). The number of nitrogens with zero attached hydrogens (tertiary/aromatic N) is 7. The Morgan fingerprint density at radius 3 is 2.45 bits per heavy atom. The molecule has 0 aliphatic carbocycles. The number of anilines is 2. The number of rotatable bonds is 2. The Bertz CT molecular complexity index is 1230. The standard InChI is InChI=1S/C10H12FN5O4.C5H4FN5/c11-10-14-7(12)4-8(15-10)16(2-13-4)9-6(19)5(18)3(1-17)20-9;6-5-10-3(7)2-4(11-5)9-1-8-2/h2-3,5-6,9,17-19H,1H2,(H2,12,14,15);1H,(H3,7,8,9,10,11)/t3-,5?,6+,9-;/m1./s1/i11-1;6-1. The maximum Gasteiger partial charge on any atom is 0.312 e. The Hall–Kier alpha value is -3.60. The molecule has 16 heteroatoms. The van der Waals surface area contributed by atoms with Crippen molar-refractivity contribution in [3.8, 4) is 0 Å². The second-order valence-electron chi connectivity index (χ2n) is 6.41. The van der Waals surface area contributed by atoms with Gasteiger partial charge in [-0.25, -0.2) is 9.97 Å². The Balaban J connectivity index is 0.000000177. The minimum atomic E-state index is -1.32. The zero-order chi connectivity index (χ0) is 22.3. The number of imidazole rings is 2. The number of aromatic amines is 1. The van der Waals surface area contributed by atoms with E-state index in [0.29, 0.717) is 5.52 Å². The lowest BCUT2D eigenvalue weighted by molar-refractivity contribution is -0.0511. The summed E-state index contributed by atoms with van der Waals surface area (Å²) in [5.74, 6) is -0.0667. The summed E-state index contributed by atoms with van der Waals surface area (Å²) in [4.78, 5) is 23.9. The van der Waals surface area contributed by atoms with Gasteiger partial charge < -0.3 is 36.5 Å². The molecular formula is C15H16F2N10O4. The number of H-pyrrole nitrogens is 1. The van der Waals surface area contributed by atoms with Gasteiger partial charge in [-0.1, -0.05) is 0 Å². The summed E-state index contributed by atoms with van der Waals surface area (Å²) in [6.07, 6.45) is -3.86. The average Bonchev–Trinajstić information content (AvgIpc) is 3.41. The van der Waals surface area contributed by atoms with Crippen LogP contribution in [0.1, 0.15) is 6.23 Å². The number of nitrogen functional groups attached to an aromatic ring is 2. The third-order valence-corrected chi connectivity index (χ3v) is 4.50. The van der Waals surface area contributed by atoms with Crippen molar-refractivity contribution >= 4 is 34.0 Å². The molecular weight excluding hydrogens is 420 g/mol. The van der Waals surface area contributed by atoms with Gasteiger partial charge in [-0.2, -0.15) is 28.7 Å². The van der Waals surface area contributed by atoms with E-state index in [4.69, 9.17) is 21.3 Å². The quantitative estimate of drug-likeness (QED) is 0.192. The summed E-state index contributed by atoms with van der Waals surface area (Å²) in [5, 5.41) is 28.7. The van der Waals surface area contributed by atoms with Gasteiger partial charge in [0.2, 0.25) is 0 Å². The number of fused-ring (bicyclic) bond motifs is 2. The summed E-state index contributed by atoms with van der Waals surface area (Å²) in [7, 11) is 0. The smallest absolute Gasteiger partial charge is 0.312 e. The Labute approximate surface area is 170 Å². The summed E-state index contributed by atoms with van der Waals surface area (Å²) in [6, 6.07) is 0. The fourth-order valence-electron chi connectivity index (χ4n) is 3.03. The number of nitrogens with one attached hydrogen (secondary N) is 1. The number of ether oxygens (including phenoxy) is 1. The predicted octanol–water partition coefficient (Wildman–Crippen LogP) is -1.77. The highest BCUT2D eigenvalue weighted by molar-refractivity contribution is 5.81. The van der Waals surface area contributed by atoms with Crippen molar-refractivity contribution in [3.05, 3.63) is 24.8 Å². The van der Waals surface area contributed by atoms with Crippen LogP contribution in [0, 0.1) is 12.2 Å². The van der Waals surface area contributed by atoms with Gasteiger partial charge in [0, 0.05) is 0 Å². The van der Waals surface area contributed by atoms with Crippen LogP contribution in [0.4, 0.5) is 20.4 Å². The maximum absolute atomic E-state index is 13.2. The van der Waals surface area contributed by atoms with Gasteiger partial charge >= 0.3 is 12.2 Å². The lowest BCUT2D eigenvalue weighted by Crippen LogP contribution is -2.33. The molecule has 0 spiro atoms. The van der Waals surface area contributed by atoms with E-state index >= 15 is 0 Å². The van der Waals surface area contributed by atoms with E-state index < -0.39 is 43.3 Å². The Morgan fingerprint density at radius 2 is 1.74 bits per heavy atom. The van der Waals surface area contributed by atoms with Gasteiger partial charge in [0.1, 0.15) is 23.8 Å². The predicted molar refractivity (Wildman–Crippen MR) is 98.8 cm³/mol. The fourth-order valence-corrected chi connectivity index (χ4v) is 3.03. The van der Waals surface area contributed by atoms with Gasteiger partial charge in [0.05, 0.1) is 19.3 Å². The van der Waals surface area contributed by atoms with E-state index in [-0.39, 0.29) is 28.4 Å². The van der Waals surface area contributed by atoms with Gasteiger partial charge in [-0.15, -0.1) is 0 Å². The van der Waals surface area contributed by atoms with E-state index in [9.17, 15) is 19.0 Å². The van der Waals surface area contributed by atoms with Gasteiger partial charge in [-0.3, -0.25) is 4.57 Å². The van der Waals surface area contributed by atoms with Crippen LogP contribution in [0.15, 0.2) is 12.7 Å². The lowest BCUT2D eigenvalue weighted by Gasteiger charge is -2.16. The molecule has 1 saturated heterocycles. The van der Waals surface area contributed by atoms with E-state index in [0.717, 1.165) is 0 Å². The first kappa shape index (κ1) is 20.7. The number of halogens is 2. The van der Waals surface area contributed by atoms with Crippen LogP contribution in [0.3, 0.4) is 0 Å². The number of aromatic nitrogens is 8. The summed E-state index contributed by atoms with van der Waals surface area (Å²) in [6.45, 7) is -0.465. The molecule has 0 bridgehead atoms. The highest BCUT2D eigenvalue weighted by Crippen LogP contribution is 2.31. The van der Waals surface area contributed by atoms with Crippen LogP contribution in [-0.2, 0) is 4.74 Å². The summed E-state index contributed by atoms with van der Waals surface area (Å²) >= 11 is 0. The number of aliphatic hydroxyl groups excluding tert-OH is 3. The Kier molecular flexibility index (Phi) is 5.27. The average molecular weight is 436 g/mol. The van der Waals surface area contributed by atoms with Crippen LogP contribution in [-0.4, -0.2) is 79.7 Å². The van der Waals surface area contributed by atoms with Crippen molar-refractivity contribution in [1.29, 1.82) is 0 Å². The van der Waals surface area contributed by atoms with Crippen LogP contribution in [0.2, 0.25) is 0 Å². The molecule has 0 aromatic carbocycles. The van der Waals surface area contributed by atoms with Crippen molar-refractivity contribution in [2.45, 2.75) is 24.5 Å². The molecule has 0 radical (unpaired) electrons. The van der Waals surface area contributed by atoms with Crippen LogP contribution in [0.5, 0.6) is 0 Å². The van der Waals surface area contributed by atoms with Crippen molar-refractivity contribution < 1.29 is 28.8 Å². The van der Waals surface area contributed by atoms with E-state index in [1.54, 1.807) is 0 Å². The van der Waals surface area contributed by atoms with Gasteiger partial charge in [-0.05, 0) is 0 Å². The Morgan fingerprint density at radius 1 is 1.03 bits per heavy atom. The molecule has 0 saturated carbocycles. The van der Waals surface area contributed by atoms with Crippen LogP contribution < -0.4 is 11.5 Å². The highest BCUT2D eigenvalue weighted by atomic mass is 18.2. The van der Waals surface area contributed by atoms with Crippen molar-refractivity contribution in [1.82, 2.24) is 39.5 Å². The van der Waals surface area contributed by atoms with Crippen molar-refractivity contribution in [2.75, 3.05) is 18.1 Å². The molecule has 1 aliphatic heterocycles. The summed E-state index contributed by atoms with van der Waals surface area (Å²) in [5.41, 5.74) is 11.8. The monoisotopic (exact) mass is 436 g/mol. The number of hydrogen-bond acceptors (Lipinski definition) is 12. The molecule has 4 aromatic heterocycles. The molecule has 4 atom stereocenters. The lowest BCUT2D eigenvalue weighted by atomic mass is 10.1.